The lowest BCUT2D eigenvalue weighted by Gasteiger charge is -2.37. The van der Waals surface area contributed by atoms with Gasteiger partial charge in [0.2, 0.25) is 23.8 Å². The Bertz CT molecular complexity index is 1690. The number of hydrogen-bond donors (Lipinski definition) is 4. The van der Waals surface area contributed by atoms with Crippen molar-refractivity contribution < 1.29 is 19.1 Å². The molecule has 0 saturated carbocycles. The molecule has 0 bridgehead atoms. The van der Waals surface area contributed by atoms with Gasteiger partial charge in [-0.3, -0.25) is 9.59 Å². The molecule has 0 radical (unpaired) electrons. The fraction of sp³-hybridized carbons (Fsp3) is 0.419. The van der Waals surface area contributed by atoms with E-state index in [-0.39, 0.29) is 5.91 Å². The Kier molecular flexibility index (Phi) is 8.11. The smallest absolute Gasteiger partial charge is 0.253 e. The molecular weight excluding hydrogens is 590 g/mol. The van der Waals surface area contributed by atoms with Crippen molar-refractivity contribution in [1.82, 2.24) is 29.8 Å². The summed E-state index contributed by atoms with van der Waals surface area (Å²) in [6, 6.07) is 13.2. The van der Waals surface area contributed by atoms with Crippen LogP contribution in [0.5, 0.6) is 0 Å². The molecule has 3 saturated heterocycles. The maximum Gasteiger partial charge on any atom is 0.253 e. The van der Waals surface area contributed by atoms with E-state index < -0.39 is 11.4 Å². The molecule has 0 unspecified atom stereocenters. The first-order valence-corrected chi connectivity index (χ1v) is 15.5. The normalized spacial score (nSPS) is 18.5. The Balaban J connectivity index is 1.06. The monoisotopic (exact) mass is 627 g/mol. The number of aromatic amines is 1. The van der Waals surface area contributed by atoms with E-state index in [0.29, 0.717) is 81.6 Å². The van der Waals surface area contributed by atoms with Gasteiger partial charge in [0.05, 0.1) is 43.0 Å². The highest BCUT2D eigenvalue weighted by molar-refractivity contribution is 5.98. The number of primary amides is 1. The van der Waals surface area contributed by atoms with Crippen LogP contribution in [-0.4, -0.2) is 113 Å². The number of aromatic nitrogens is 5. The van der Waals surface area contributed by atoms with Crippen LogP contribution in [0.4, 0.5) is 23.5 Å². The van der Waals surface area contributed by atoms with Gasteiger partial charge in [0.1, 0.15) is 0 Å². The van der Waals surface area contributed by atoms with E-state index in [9.17, 15) is 9.59 Å². The lowest BCUT2D eigenvalue weighted by atomic mass is 9.88. The van der Waals surface area contributed by atoms with Crippen molar-refractivity contribution in [3.8, 4) is 11.4 Å². The Labute approximate surface area is 265 Å². The minimum Gasteiger partial charge on any atom is -0.378 e. The molecule has 46 heavy (non-hydrogen) atoms. The van der Waals surface area contributed by atoms with Gasteiger partial charge < -0.3 is 45.9 Å². The number of nitrogens with zero attached hydrogens (tertiary/aromatic N) is 7. The van der Waals surface area contributed by atoms with Crippen LogP contribution < -0.4 is 26.6 Å². The maximum atomic E-state index is 13.2. The Morgan fingerprint density at radius 3 is 2.00 bits per heavy atom. The number of anilines is 4. The number of carbonyl (C=O) groups excluding carboxylic acids is 2. The van der Waals surface area contributed by atoms with E-state index in [1.807, 2.05) is 30.3 Å². The molecule has 240 valence electrons. The second-order valence-corrected chi connectivity index (χ2v) is 11.8. The van der Waals surface area contributed by atoms with Gasteiger partial charge in [0.25, 0.3) is 5.91 Å². The van der Waals surface area contributed by atoms with Crippen LogP contribution in [-0.2, 0) is 14.3 Å². The molecule has 0 spiro atoms. The molecular formula is C31H37N11O4. The van der Waals surface area contributed by atoms with Gasteiger partial charge in [0.15, 0.2) is 5.82 Å². The first-order valence-electron chi connectivity index (χ1n) is 15.5. The van der Waals surface area contributed by atoms with Crippen molar-refractivity contribution in [2.24, 2.45) is 11.5 Å². The van der Waals surface area contributed by atoms with Crippen molar-refractivity contribution in [1.29, 1.82) is 0 Å². The van der Waals surface area contributed by atoms with Crippen molar-refractivity contribution in [3.63, 3.8) is 0 Å². The third kappa shape index (κ3) is 6.16. The van der Waals surface area contributed by atoms with Crippen molar-refractivity contribution in [3.05, 3.63) is 48.0 Å². The van der Waals surface area contributed by atoms with Gasteiger partial charge in [-0.2, -0.15) is 15.0 Å². The number of benzene rings is 2. The van der Waals surface area contributed by atoms with Gasteiger partial charge >= 0.3 is 0 Å². The fourth-order valence-electron chi connectivity index (χ4n) is 5.87. The third-order valence-electron chi connectivity index (χ3n) is 8.77. The highest BCUT2D eigenvalue weighted by Crippen LogP contribution is 2.27. The van der Waals surface area contributed by atoms with Crippen LogP contribution in [0.2, 0.25) is 0 Å². The quantitative estimate of drug-likeness (QED) is 0.229. The summed E-state index contributed by atoms with van der Waals surface area (Å²) in [5.41, 5.74) is 14.1. The molecule has 7 rings (SSSR count). The van der Waals surface area contributed by atoms with E-state index in [1.165, 1.54) is 0 Å². The number of imidazole rings is 1. The number of rotatable bonds is 7. The molecule has 3 fully saturated rings. The van der Waals surface area contributed by atoms with Gasteiger partial charge in [-0.05, 0) is 55.3 Å². The van der Waals surface area contributed by atoms with Crippen molar-refractivity contribution in [2.45, 2.75) is 18.4 Å². The number of amides is 2. The van der Waals surface area contributed by atoms with Crippen molar-refractivity contribution >= 4 is 46.4 Å². The van der Waals surface area contributed by atoms with E-state index in [4.69, 9.17) is 35.9 Å². The SMILES string of the molecule is NC(=O)C1(N)CCN(C(=O)c2ccc3nc(Nc4ccc(-c5nc(N6CCOCC6)nc(N6CCOCC6)n5)cc4)[nH]c3c2)CC1. The standard InChI is InChI=1S/C31H37N11O4/c32-27(44)31(33)7-9-40(10-8-31)26(43)21-3-6-23-24(19-21)36-28(35-23)34-22-4-1-20(2-5-22)25-37-29(41-11-15-45-16-12-41)39-30(38-25)42-13-17-46-18-14-42/h1-6,19H,7-18,33H2,(H2,32,44)(H2,34,35,36). The minimum absolute atomic E-state index is 0.125. The number of nitrogens with one attached hydrogen (secondary N) is 2. The third-order valence-corrected chi connectivity index (χ3v) is 8.77. The van der Waals surface area contributed by atoms with Gasteiger partial charge in [-0.25, -0.2) is 4.98 Å². The number of piperidine rings is 1. The molecule has 15 heteroatoms. The predicted octanol–water partition coefficient (Wildman–Crippen LogP) is 1.25. The van der Waals surface area contributed by atoms with Gasteiger partial charge in [-0.1, -0.05) is 0 Å². The summed E-state index contributed by atoms with van der Waals surface area (Å²) in [6.07, 6.45) is 0.676. The zero-order valence-electron chi connectivity index (χ0n) is 25.4. The summed E-state index contributed by atoms with van der Waals surface area (Å²) < 4.78 is 11.1. The van der Waals surface area contributed by atoms with Crippen LogP contribution in [0.15, 0.2) is 42.5 Å². The average molecular weight is 628 g/mol. The molecule has 3 aliphatic heterocycles. The zero-order valence-corrected chi connectivity index (χ0v) is 25.4. The molecule has 5 heterocycles. The van der Waals surface area contributed by atoms with Gasteiger partial charge in [-0.15, -0.1) is 0 Å². The summed E-state index contributed by atoms with van der Waals surface area (Å²) in [4.78, 5) is 53.2. The Morgan fingerprint density at radius 2 is 1.41 bits per heavy atom. The number of hydrogen-bond acceptors (Lipinski definition) is 12. The maximum absolute atomic E-state index is 13.2. The molecule has 0 aliphatic carbocycles. The predicted molar refractivity (Wildman–Crippen MR) is 172 cm³/mol. The number of nitrogens with two attached hydrogens (primary N) is 2. The highest BCUT2D eigenvalue weighted by Gasteiger charge is 2.37. The molecule has 2 aromatic heterocycles. The first-order chi connectivity index (χ1) is 22.3. The summed E-state index contributed by atoms with van der Waals surface area (Å²) in [5, 5.41) is 3.31. The second-order valence-electron chi connectivity index (χ2n) is 11.8. The molecule has 2 aromatic carbocycles. The summed E-state index contributed by atoms with van der Waals surface area (Å²) in [5.74, 6) is 1.79. The van der Waals surface area contributed by atoms with Crippen LogP contribution in [0, 0.1) is 0 Å². The zero-order chi connectivity index (χ0) is 31.7. The molecule has 15 nitrogen and oxygen atoms in total. The number of H-pyrrole nitrogens is 1. The number of morpholine rings is 2. The minimum atomic E-state index is -1.06. The summed E-state index contributed by atoms with van der Waals surface area (Å²) in [6.45, 7) is 6.21. The van der Waals surface area contributed by atoms with Crippen LogP contribution >= 0.6 is 0 Å². The number of fused-ring (bicyclic) bond motifs is 1. The van der Waals surface area contributed by atoms with Crippen LogP contribution in [0.3, 0.4) is 0 Å². The average Bonchev–Trinajstić information content (AvgIpc) is 3.51. The Hall–Kier alpha value is -4.86. The largest absolute Gasteiger partial charge is 0.378 e. The molecule has 6 N–H and O–H groups in total. The second kappa shape index (κ2) is 12.5. The van der Waals surface area contributed by atoms with Crippen molar-refractivity contribution in [2.75, 3.05) is 80.8 Å². The van der Waals surface area contributed by atoms with Gasteiger partial charge in [0, 0.05) is 56.1 Å². The number of likely N-dealkylation sites (tertiary alicyclic amines) is 1. The van der Waals surface area contributed by atoms with E-state index in [2.05, 4.69) is 25.1 Å². The van der Waals surface area contributed by atoms with Crippen LogP contribution in [0.1, 0.15) is 23.2 Å². The van der Waals surface area contributed by atoms with E-state index in [1.54, 1.807) is 17.0 Å². The molecule has 2 amide bonds. The molecule has 4 aromatic rings. The lowest BCUT2D eigenvalue weighted by Crippen LogP contribution is -2.59. The van der Waals surface area contributed by atoms with E-state index in [0.717, 1.165) is 48.5 Å². The van der Waals surface area contributed by atoms with E-state index >= 15 is 0 Å². The lowest BCUT2D eigenvalue weighted by molar-refractivity contribution is -0.124. The summed E-state index contributed by atoms with van der Waals surface area (Å²) in [7, 11) is 0. The highest BCUT2D eigenvalue weighted by atomic mass is 16.5. The fourth-order valence-corrected chi connectivity index (χ4v) is 5.87. The number of carbonyl (C=O) groups is 2. The summed E-state index contributed by atoms with van der Waals surface area (Å²) >= 11 is 0. The topological polar surface area (TPSA) is 194 Å². The first kappa shape index (κ1) is 29.8. The molecule has 0 atom stereocenters. The molecule has 3 aliphatic rings. The number of ether oxygens (including phenoxy) is 2. The Morgan fingerprint density at radius 1 is 0.804 bits per heavy atom. The van der Waals surface area contributed by atoms with Crippen LogP contribution in [0.25, 0.3) is 22.4 Å².